The average Bonchev–Trinajstić information content (AvgIpc) is 3.07. The van der Waals surface area contributed by atoms with Gasteiger partial charge in [-0.1, -0.05) is 78.0 Å². The first-order valence-corrected chi connectivity index (χ1v) is 7.22. The Hall–Kier alpha value is -2.94. The molecule has 3 nitrogen and oxygen atoms in total. The van der Waals surface area contributed by atoms with E-state index in [0.29, 0.717) is 0 Å². The molecule has 0 radical (unpaired) electrons. The van der Waals surface area contributed by atoms with Crippen LogP contribution in [0, 0.1) is 0 Å². The fourth-order valence-corrected chi connectivity index (χ4v) is 2.64. The number of aromatic nitrogens is 3. The number of nitrogens with zero attached hydrogens (tertiary/aromatic N) is 3. The molecule has 0 N–H and O–H groups in total. The summed E-state index contributed by atoms with van der Waals surface area (Å²) in [5.74, 6) is 0. The highest BCUT2D eigenvalue weighted by Crippen LogP contribution is 2.28. The average molecular weight is 286 g/mol. The van der Waals surface area contributed by atoms with Crippen molar-refractivity contribution < 1.29 is 1.37 Å². The van der Waals surface area contributed by atoms with Crippen LogP contribution in [0.5, 0.6) is 0 Å². The fraction of sp³-hybridized carbons (Fsp3) is 0.0526. The zero-order valence-electron chi connectivity index (χ0n) is 12.9. The molecular weight excluding hydrogens is 270 g/mol. The van der Waals surface area contributed by atoms with Gasteiger partial charge in [0.15, 0.2) is 0 Å². The van der Waals surface area contributed by atoms with E-state index in [1.807, 2.05) is 84.9 Å². The van der Waals surface area contributed by atoms with E-state index in [-0.39, 0.29) is 0 Å². The van der Waals surface area contributed by atoms with Gasteiger partial charge in [-0.2, -0.15) is 0 Å². The molecule has 0 fully saturated rings. The van der Waals surface area contributed by atoms with Gasteiger partial charge < -0.3 is 0 Å². The van der Waals surface area contributed by atoms with Crippen LogP contribution in [0.1, 0.15) is 18.5 Å². The molecular formula is C19H15N3. The maximum Gasteiger partial charge on any atom is 0.113 e. The summed E-state index contributed by atoms with van der Waals surface area (Å²) in [7, 11) is 0. The van der Waals surface area contributed by atoms with Crippen molar-refractivity contribution in [2.24, 2.45) is 0 Å². The van der Waals surface area contributed by atoms with Gasteiger partial charge >= 0.3 is 0 Å². The van der Waals surface area contributed by atoms with Gasteiger partial charge in [-0.3, -0.25) is 0 Å². The van der Waals surface area contributed by atoms with Gasteiger partial charge in [0.25, 0.3) is 0 Å². The van der Waals surface area contributed by atoms with Crippen molar-refractivity contribution in [1.82, 2.24) is 15.0 Å². The van der Waals surface area contributed by atoms with Crippen LogP contribution in [0.4, 0.5) is 0 Å². The minimum Gasteiger partial charge on any atom is -0.233 e. The lowest BCUT2D eigenvalue weighted by Crippen LogP contribution is -2.13. The van der Waals surface area contributed by atoms with Crippen LogP contribution in [-0.4, -0.2) is 15.0 Å². The largest absolute Gasteiger partial charge is 0.233 e. The molecule has 0 atom stereocenters. The number of hydrogen-bond acceptors (Lipinski definition) is 2. The molecule has 0 saturated carbocycles. The van der Waals surface area contributed by atoms with Crippen molar-refractivity contribution in [3.63, 3.8) is 0 Å². The van der Waals surface area contributed by atoms with E-state index in [4.69, 9.17) is 0 Å². The fourth-order valence-electron chi connectivity index (χ4n) is 2.64. The molecule has 0 saturated heterocycles. The standard InChI is InChI=1S/C19H15N3/c1-3-9-15(10-4-1)19(16-11-5-2-6-12-16)22-18-14-8-7-13-17(18)20-21-22/h1-14,19H/i19D. The third-order valence-electron chi connectivity index (χ3n) is 3.66. The van der Waals surface area contributed by atoms with E-state index in [9.17, 15) is 1.37 Å². The molecule has 0 amide bonds. The van der Waals surface area contributed by atoms with E-state index in [2.05, 4.69) is 10.3 Å². The SMILES string of the molecule is [2H]C(c1ccccc1)(c1ccccc1)n1nnc2ccccc21. The highest BCUT2D eigenvalue weighted by molar-refractivity contribution is 5.74. The highest BCUT2D eigenvalue weighted by atomic mass is 15.4. The molecule has 0 bridgehead atoms. The monoisotopic (exact) mass is 286 g/mol. The Bertz CT molecular complexity index is 893. The highest BCUT2D eigenvalue weighted by Gasteiger charge is 2.19. The predicted octanol–water partition coefficient (Wildman–Crippen LogP) is 4.07. The van der Waals surface area contributed by atoms with E-state index < -0.39 is 6.02 Å². The van der Waals surface area contributed by atoms with Crippen LogP contribution in [0.15, 0.2) is 84.9 Å². The zero-order valence-corrected chi connectivity index (χ0v) is 11.9. The summed E-state index contributed by atoms with van der Waals surface area (Å²) in [4.78, 5) is 0. The molecule has 0 aliphatic rings. The lowest BCUT2D eigenvalue weighted by molar-refractivity contribution is 0.589. The Morgan fingerprint density at radius 3 is 1.91 bits per heavy atom. The van der Waals surface area contributed by atoms with Gasteiger partial charge in [0, 0.05) is 0 Å². The molecule has 4 aromatic rings. The summed E-state index contributed by atoms with van der Waals surface area (Å²) >= 11 is 0. The van der Waals surface area contributed by atoms with E-state index in [1.54, 1.807) is 4.68 Å². The van der Waals surface area contributed by atoms with Crippen LogP contribution >= 0.6 is 0 Å². The molecule has 1 heterocycles. The second kappa shape index (κ2) is 5.45. The Kier molecular flexibility index (Phi) is 2.90. The lowest BCUT2D eigenvalue weighted by atomic mass is 9.99. The minimum absolute atomic E-state index is 0.788. The summed E-state index contributed by atoms with van der Waals surface area (Å²) in [6.07, 6.45) is 0. The summed E-state index contributed by atoms with van der Waals surface area (Å²) < 4.78 is 11.0. The Morgan fingerprint density at radius 1 is 0.727 bits per heavy atom. The Labute approximate surface area is 130 Å². The second-order valence-corrected chi connectivity index (χ2v) is 5.07. The molecule has 106 valence electrons. The third-order valence-corrected chi connectivity index (χ3v) is 3.66. The summed E-state index contributed by atoms with van der Waals surface area (Å²) in [6, 6.07) is 26.1. The summed E-state index contributed by atoms with van der Waals surface area (Å²) in [5, 5.41) is 8.53. The summed E-state index contributed by atoms with van der Waals surface area (Å²) in [6.45, 7) is 0. The van der Waals surface area contributed by atoms with E-state index in [1.165, 1.54) is 0 Å². The van der Waals surface area contributed by atoms with Crippen LogP contribution < -0.4 is 0 Å². The molecule has 0 spiro atoms. The van der Waals surface area contributed by atoms with Gasteiger partial charge in [0.1, 0.15) is 11.5 Å². The molecule has 4 rings (SSSR count). The van der Waals surface area contributed by atoms with Gasteiger partial charge in [0.2, 0.25) is 0 Å². The van der Waals surface area contributed by atoms with Crippen molar-refractivity contribution >= 4 is 11.0 Å². The number of para-hydroxylation sites is 1. The minimum atomic E-state index is -1.17. The maximum absolute atomic E-state index is 9.30. The van der Waals surface area contributed by atoms with Crippen LogP contribution in [0.2, 0.25) is 0 Å². The summed E-state index contributed by atoms with van der Waals surface area (Å²) in [5.41, 5.74) is 3.33. The number of hydrogen-bond donors (Lipinski definition) is 0. The number of fused-ring (bicyclic) bond motifs is 1. The molecule has 3 aromatic carbocycles. The zero-order chi connectivity index (χ0) is 15.7. The van der Waals surface area contributed by atoms with Crippen molar-refractivity contribution in [3.8, 4) is 0 Å². The van der Waals surface area contributed by atoms with Crippen molar-refractivity contribution in [1.29, 1.82) is 0 Å². The predicted molar refractivity (Wildman–Crippen MR) is 87.7 cm³/mol. The molecule has 0 aliphatic heterocycles. The maximum atomic E-state index is 9.30. The van der Waals surface area contributed by atoms with Gasteiger partial charge in [-0.05, 0) is 23.3 Å². The molecule has 22 heavy (non-hydrogen) atoms. The van der Waals surface area contributed by atoms with Crippen molar-refractivity contribution in [2.75, 3.05) is 0 Å². The first-order chi connectivity index (χ1) is 11.3. The van der Waals surface area contributed by atoms with Crippen molar-refractivity contribution in [3.05, 3.63) is 96.1 Å². The number of benzene rings is 3. The van der Waals surface area contributed by atoms with E-state index in [0.717, 1.165) is 22.2 Å². The topological polar surface area (TPSA) is 30.7 Å². The molecule has 0 aliphatic carbocycles. The smallest absolute Gasteiger partial charge is 0.113 e. The molecule has 0 unspecified atom stereocenters. The van der Waals surface area contributed by atoms with Gasteiger partial charge in [0.05, 0.1) is 6.89 Å². The lowest BCUT2D eigenvalue weighted by Gasteiger charge is -2.19. The van der Waals surface area contributed by atoms with Gasteiger partial charge in [-0.15, -0.1) is 5.10 Å². The Morgan fingerprint density at radius 2 is 1.27 bits per heavy atom. The number of rotatable bonds is 3. The van der Waals surface area contributed by atoms with E-state index >= 15 is 0 Å². The van der Waals surface area contributed by atoms with Crippen LogP contribution in [-0.2, 0) is 0 Å². The quantitative estimate of drug-likeness (QED) is 0.568. The first-order valence-electron chi connectivity index (χ1n) is 7.72. The first kappa shape index (κ1) is 11.7. The molecule has 3 heteroatoms. The van der Waals surface area contributed by atoms with Gasteiger partial charge in [-0.25, -0.2) is 4.68 Å². The Balaban J connectivity index is 2.04. The van der Waals surface area contributed by atoms with Crippen LogP contribution in [0.25, 0.3) is 11.0 Å². The third kappa shape index (κ3) is 2.17. The van der Waals surface area contributed by atoms with Crippen LogP contribution in [0.3, 0.4) is 0 Å². The molecule has 1 aromatic heterocycles. The second-order valence-electron chi connectivity index (χ2n) is 5.07. The van der Waals surface area contributed by atoms with Crippen molar-refractivity contribution in [2.45, 2.75) is 6.02 Å². The normalized spacial score (nSPS) is 12.3.